The van der Waals surface area contributed by atoms with Crippen molar-refractivity contribution in [3.05, 3.63) is 408 Å². The number of fused-ring (bicyclic) bond motifs is 25. The molecule has 24 aromatic rings. The molecular weight excluding hydrogens is 1610 g/mol. The number of ether oxygens (including phenoxy) is 2. The number of benzene rings is 17. The molecule has 131 heavy (non-hydrogen) atoms. The first-order valence-electron chi connectivity index (χ1n) is 44.7. The van der Waals surface area contributed by atoms with Gasteiger partial charge < -0.3 is 52.1 Å². The second kappa shape index (κ2) is 29.9. The second-order valence-corrected chi connectivity index (χ2v) is 36.8. The zero-order chi connectivity index (χ0) is 89.4. The van der Waals surface area contributed by atoms with Crippen LogP contribution in [0.5, 0.6) is 0 Å². The summed E-state index contributed by atoms with van der Waals surface area (Å²) in [6, 6.07) is 126. The van der Waals surface area contributed by atoms with Gasteiger partial charge in [0.25, 0.3) is 0 Å². The van der Waals surface area contributed by atoms with Gasteiger partial charge >= 0.3 is 11.9 Å². The summed E-state index contributed by atoms with van der Waals surface area (Å²) >= 11 is 0. The Kier molecular flexibility index (Phi) is 18.2. The third-order valence-corrected chi connectivity index (χ3v) is 27.7. The molecule has 13 heteroatoms. The van der Waals surface area contributed by atoms with Crippen LogP contribution in [0.3, 0.4) is 0 Å². The predicted molar refractivity (Wildman–Crippen MR) is 539 cm³/mol. The van der Waals surface area contributed by atoms with Crippen molar-refractivity contribution in [2.75, 3.05) is 14.2 Å². The molecule has 7 aromatic heterocycles. The van der Waals surface area contributed by atoms with Crippen LogP contribution in [-0.2, 0) is 31.5 Å². The van der Waals surface area contributed by atoms with Crippen LogP contribution >= 0.6 is 0 Å². The summed E-state index contributed by atoms with van der Waals surface area (Å²) in [5.41, 5.74) is 26.2. The van der Waals surface area contributed by atoms with Gasteiger partial charge in [-0.3, -0.25) is 0 Å². The molecule has 13 nitrogen and oxygen atoms in total. The number of H-pyrrole nitrogens is 1. The third-order valence-electron chi connectivity index (χ3n) is 27.7. The molecule has 2 aliphatic rings. The maximum absolute atomic E-state index is 13.4. The lowest BCUT2D eigenvalue weighted by Crippen LogP contribution is -2.31. The highest BCUT2D eigenvalue weighted by Gasteiger charge is 2.42. The fourth-order valence-electron chi connectivity index (χ4n) is 21.7. The lowest BCUT2D eigenvalue weighted by molar-refractivity contribution is 0.0586. The van der Waals surface area contributed by atoms with Crippen molar-refractivity contribution < 1.29 is 29.3 Å². The standard InChI is InChI=1S/C36H32N2O2.C36H28N2.C34H24N2O4.C12H9N/c1-35(2,39)27-21-34(38-31-19-11-7-15-25(31)26-16-8-12-20-32(26)38)28(36(3,4)40)22-33(27)37-29-17-9-5-13-23(29)24-14-6-10-18-30(24)37;1-35(2)25-15-9-13-23-21-11-5-7-17-29(21)37(33(23)25)31-20-28-32(19-27(31)35)38-30-18-8-6-12-22(30)24-14-10-16-26(34(24)38)36(28,3)4;1-39-33(37)25-19-32(36-29-17-9-5-13-23(29)24-14-6-10-18-30(24)36)26(34(38)40-2)20-31(25)35-27-15-7-3-11-21(27)22-12-4-8-16-28(22)35;1-3-7-11-9(5-1)10-6-2-4-8-12(10)13-11/h5-22,39-40H,1-4H3;5-20H,1-4H3;3-20H,1-2H3;1-8,13H. The Hall–Kier alpha value is -15.8. The van der Waals surface area contributed by atoms with Gasteiger partial charge in [-0.2, -0.15) is 0 Å². The Labute approximate surface area is 755 Å². The fraction of sp³-hybridized carbons (Fsp3) is 0.119. The summed E-state index contributed by atoms with van der Waals surface area (Å²) < 4.78 is 24.2. The van der Waals surface area contributed by atoms with Crippen LogP contribution in [0.25, 0.3) is 187 Å². The Morgan fingerprint density at radius 2 is 0.473 bits per heavy atom. The molecule has 0 spiro atoms. The zero-order valence-electron chi connectivity index (χ0n) is 74.4. The van der Waals surface area contributed by atoms with Crippen LogP contribution < -0.4 is 0 Å². The molecule has 3 N–H and O–H groups in total. The fourth-order valence-corrected chi connectivity index (χ4v) is 21.7. The maximum Gasteiger partial charge on any atom is 0.340 e. The number of nitrogens with zero attached hydrogens (tertiary/aromatic N) is 6. The first kappa shape index (κ1) is 79.8. The molecule has 2 aliphatic heterocycles. The molecule has 17 aromatic carbocycles. The minimum Gasteiger partial charge on any atom is -0.465 e. The van der Waals surface area contributed by atoms with Crippen LogP contribution in [0.2, 0.25) is 0 Å². The Bertz CT molecular complexity index is 8200. The van der Waals surface area contributed by atoms with Gasteiger partial charge in [0.2, 0.25) is 0 Å². The van der Waals surface area contributed by atoms with Crippen molar-refractivity contribution in [2.45, 2.75) is 77.4 Å². The molecule has 0 saturated heterocycles. The molecule has 0 amide bonds. The van der Waals surface area contributed by atoms with E-state index in [-0.39, 0.29) is 10.8 Å². The monoisotopic (exact) mass is 1700 g/mol. The molecule has 9 heterocycles. The van der Waals surface area contributed by atoms with Crippen molar-refractivity contribution in [1.29, 1.82) is 0 Å². The van der Waals surface area contributed by atoms with Crippen LogP contribution in [0.4, 0.5) is 0 Å². The quantitative estimate of drug-likeness (QED) is 0.130. The highest BCUT2D eigenvalue weighted by Crippen LogP contribution is 2.55. The predicted octanol–water partition coefficient (Wildman–Crippen LogP) is 28.3. The molecule has 0 unspecified atom stereocenters. The molecule has 0 fully saturated rings. The summed E-state index contributed by atoms with van der Waals surface area (Å²) in [7, 11) is 2.73. The first-order chi connectivity index (χ1) is 63.6. The van der Waals surface area contributed by atoms with E-state index in [1.807, 2.05) is 134 Å². The highest BCUT2D eigenvalue weighted by molar-refractivity contribution is 6.18. The van der Waals surface area contributed by atoms with E-state index in [2.05, 4.69) is 306 Å². The molecule has 0 saturated carbocycles. The van der Waals surface area contributed by atoms with E-state index in [9.17, 15) is 19.8 Å². The maximum atomic E-state index is 13.4. The smallest absolute Gasteiger partial charge is 0.340 e. The minimum absolute atomic E-state index is 0.128. The van der Waals surface area contributed by atoms with E-state index in [0.717, 1.165) is 110 Å². The van der Waals surface area contributed by atoms with E-state index >= 15 is 0 Å². The molecule has 0 atom stereocenters. The number of para-hydroxylation sites is 14. The lowest BCUT2D eigenvalue weighted by Gasteiger charge is -2.40. The molecule has 0 aliphatic carbocycles. The van der Waals surface area contributed by atoms with Gasteiger partial charge in [-0.25, -0.2) is 9.59 Å². The van der Waals surface area contributed by atoms with Gasteiger partial charge in [-0.1, -0.05) is 282 Å². The van der Waals surface area contributed by atoms with Crippen LogP contribution in [0.15, 0.2) is 364 Å². The minimum atomic E-state index is -1.16. The lowest BCUT2D eigenvalue weighted by atomic mass is 9.70. The molecule has 0 bridgehead atoms. The molecule has 26 rings (SSSR count). The van der Waals surface area contributed by atoms with Gasteiger partial charge in [0, 0.05) is 108 Å². The van der Waals surface area contributed by atoms with Gasteiger partial charge in [0.05, 0.1) is 137 Å². The molecule has 0 radical (unpaired) electrons. The van der Waals surface area contributed by atoms with Gasteiger partial charge in [0.15, 0.2) is 0 Å². The van der Waals surface area contributed by atoms with Crippen LogP contribution in [0, 0.1) is 0 Å². The number of methoxy groups -OCH3 is 2. The van der Waals surface area contributed by atoms with Crippen LogP contribution in [-0.4, -0.2) is 68.8 Å². The van der Waals surface area contributed by atoms with Crippen molar-refractivity contribution >= 4 is 165 Å². The van der Waals surface area contributed by atoms with Crippen molar-refractivity contribution in [2.24, 2.45) is 0 Å². The first-order valence-corrected chi connectivity index (χ1v) is 44.7. The van der Waals surface area contributed by atoms with Crippen molar-refractivity contribution in [3.63, 3.8) is 0 Å². The summed E-state index contributed by atoms with van der Waals surface area (Å²) in [4.78, 5) is 30.3. The number of hydrogen-bond acceptors (Lipinski definition) is 6. The van der Waals surface area contributed by atoms with Gasteiger partial charge in [-0.05, 0) is 159 Å². The van der Waals surface area contributed by atoms with E-state index in [1.54, 1.807) is 12.1 Å². The van der Waals surface area contributed by atoms with Gasteiger partial charge in [-0.15, -0.1) is 0 Å². The number of carbonyl (C=O) groups is 2. The van der Waals surface area contributed by atoms with Crippen LogP contribution in [0.1, 0.15) is 109 Å². The number of rotatable bonds is 8. The van der Waals surface area contributed by atoms with E-state index in [1.165, 1.54) is 113 Å². The SMILES string of the molecule is CC(C)(O)c1cc(-n2c3ccccc3c3ccccc32)c(C(C)(C)O)cc1-n1c2ccccc2c2ccccc21.CC1(C)c2cc3c(cc2-n2c4ccccc4c4cccc1c42)C(C)(C)c1cccc2c4ccccc4n-3c12.COC(=O)c1cc(-n2c3ccccc3c3ccccc32)c(C(=O)OC)cc1-n1c2ccccc2c2ccccc21.c1ccc2c(c1)[nH]c1ccccc12. The highest BCUT2D eigenvalue weighted by atomic mass is 16.5. The Morgan fingerprint density at radius 1 is 0.252 bits per heavy atom. The number of aliphatic hydroxyl groups is 2. The van der Waals surface area contributed by atoms with E-state index in [0.29, 0.717) is 22.5 Å². The second-order valence-electron chi connectivity index (χ2n) is 36.8. The van der Waals surface area contributed by atoms with Crippen molar-refractivity contribution in [1.82, 2.24) is 32.4 Å². The Morgan fingerprint density at radius 3 is 0.733 bits per heavy atom. The number of hydrogen-bond donors (Lipinski definition) is 3. The van der Waals surface area contributed by atoms with E-state index in [4.69, 9.17) is 9.47 Å². The van der Waals surface area contributed by atoms with Crippen molar-refractivity contribution in [3.8, 4) is 34.1 Å². The summed E-state index contributed by atoms with van der Waals surface area (Å²) in [6.07, 6.45) is 0. The average Bonchev–Trinajstić information content (AvgIpc) is 1.57. The summed E-state index contributed by atoms with van der Waals surface area (Å²) in [5, 5.41) is 40.1. The number of aromatic amines is 1. The zero-order valence-corrected chi connectivity index (χ0v) is 74.4. The summed E-state index contributed by atoms with van der Waals surface area (Å²) in [5.74, 6) is -1.01. The topological polar surface area (TPSA) is 138 Å². The van der Waals surface area contributed by atoms with Gasteiger partial charge in [0.1, 0.15) is 0 Å². The summed E-state index contributed by atoms with van der Waals surface area (Å²) in [6.45, 7) is 16.9. The average molecular weight is 1710 g/mol. The number of esters is 2. The number of carbonyl (C=O) groups excluding carboxylic acids is 2. The normalized spacial score (nSPS) is 13.2. The molecule has 636 valence electrons. The van der Waals surface area contributed by atoms with E-state index < -0.39 is 23.1 Å². The number of nitrogens with one attached hydrogen (secondary N) is 1. The Balaban J connectivity index is 0.000000104. The third kappa shape index (κ3) is 12.1. The number of aromatic nitrogens is 7. The largest absolute Gasteiger partial charge is 0.465 e. The molecular formula is C118H93N7O6.